The first-order chi connectivity index (χ1) is 35.9. The molecule has 386 valence electrons. The Morgan fingerprint density at radius 1 is 0.493 bits per heavy atom. The Kier molecular flexibility index (Phi) is 12.6. The smallest absolute Gasteiger partial charge is 0.242 e. The van der Waals surface area contributed by atoms with Crippen LogP contribution in [-0.4, -0.2) is 14.1 Å². The van der Waals surface area contributed by atoms with Crippen LogP contribution in [0.4, 0.5) is 0 Å². The van der Waals surface area contributed by atoms with Crippen molar-refractivity contribution in [2.75, 3.05) is 0 Å². The normalized spacial score (nSPS) is 13.5. The fourth-order valence-electron chi connectivity index (χ4n) is 10.0. The predicted octanol–water partition coefficient (Wildman–Crippen LogP) is 17.6. The van der Waals surface area contributed by atoms with Gasteiger partial charge in [-0.05, 0) is 112 Å². The third kappa shape index (κ3) is 10.4. The zero-order valence-electron chi connectivity index (χ0n) is 49.4. The Labute approximate surface area is 465 Å². The molecule has 10 aromatic rings. The molecule has 0 fully saturated rings. The van der Waals surface area contributed by atoms with E-state index in [0.717, 1.165) is 61.0 Å². The molecule has 3 heterocycles. The molecule has 0 aliphatic heterocycles. The maximum absolute atomic E-state index is 8.91. The van der Waals surface area contributed by atoms with Gasteiger partial charge in [0.1, 0.15) is 5.82 Å². The van der Waals surface area contributed by atoms with E-state index >= 15 is 0 Å². The molecular weight excluding hydrogens is 1100 g/mol. The average Bonchev–Trinajstić information content (AvgIpc) is 3.95. The molecule has 0 aliphatic carbocycles. The fourth-order valence-corrected chi connectivity index (χ4v) is 10.0. The van der Waals surface area contributed by atoms with Crippen molar-refractivity contribution in [2.45, 2.75) is 131 Å². The minimum atomic E-state index is -2.56. The molecule has 7 aromatic carbocycles. The number of para-hydroxylation sites is 1. The Hall–Kier alpha value is -6.55. The summed E-state index contributed by atoms with van der Waals surface area (Å²) in [5.74, 6) is 1.75. The van der Waals surface area contributed by atoms with Gasteiger partial charge in [0.15, 0.2) is 0 Å². The van der Waals surface area contributed by atoms with Gasteiger partial charge in [-0.15, -0.1) is 29.7 Å². The summed E-state index contributed by atoms with van der Waals surface area (Å²) in [5.41, 5.74) is 15.6. The number of fused-ring (bicyclic) bond motifs is 4. The summed E-state index contributed by atoms with van der Waals surface area (Å²) in [4.78, 5) is 4.85. The van der Waals surface area contributed by atoms with Crippen LogP contribution in [0.3, 0.4) is 0 Å². The Morgan fingerprint density at radius 2 is 1.05 bits per heavy atom. The van der Waals surface area contributed by atoms with Gasteiger partial charge in [-0.25, -0.2) is 4.98 Å². The van der Waals surface area contributed by atoms with Gasteiger partial charge in [-0.2, -0.15) is 18.2 Å². The van der Waals surface area contributed by atoms with Crippen molar-refractivity contribution in [2.24, 2.45) is 6.98 Å². The minimum Gasteiger partial charge on any atom is -0.510 e. The molecule has 0 N–H and O–H groups in total. The predicted molar refractivity (Wildman–Crippen MR) is 309 cm³/mol. The maximum Gasteiger partial charge on any atom is 0.242 e. The van der Waals surface area contributed by atoms with E-state index in [9.17, 15) is 0 Å². The zero-order chi connectivity index (χ0) is 55.4. The van der Waals surface area contributed by atoms with Crippen LogP contribution in [0.5, 0.6) is 11.5 Å². The Balaban J connectivity index is 0.00000740. The standard InChI is InChI=1S/C69H72N4O.Pt/c1-65(2,3)47-31-32-70-63(40-47)73-59-26-18-17-23-57(59)58-29-28-54(42-61(58)73)74-53-22-19-21-52(41-53)72-43-71(16)62-37-44(27-30-60(62)72)64-55(45-33-48(66(4,5)6)38-49(34-45)67(7,8)9)24-20-25-56(64)46-35-50(68(10,11)12)39-51(36-46)69(13,14)15;/h17-40H,1-16H3;/q-2;/i16D3;. The van der Waals surface area contributed by atoms with Crippen molar-refractivity contribution in [1.82, 2.24) is 14.1 Å². The van der Waals surface area contributed by atoms with Gasteiger partial charge >= 0.3 is 0 Å². The van der Waals surface area contributed by atoms with Gasteiger partial charge in [0, 0.05) is 44.3 Å². The second kappa shape index (κ2) is 19.2. The van der Waals surface area contributed by atoms with E-state index in [4.69, 9.17) is 13.8 Å². The first-order valence-corrected chi connectivity index (χ1v) is 26.0. The van der Waals surface area contributed by atoms with E-state index in [1.807, 2.05) is 48.7 Å². The van der Waals surface area contributed by atoms with Crippen molar-refractivity contribution in [3.8, 4) is 56.4 Å². The molecule has 0 saturated carbocycles. The summed E-state index contributed by atoms with van der Waals surface area (Å²) in [5, 5.41) is 2.13. The summed E-state index contributed by atoms with van der Waals surface area (Å²) in [6, 6.07) is 56.1. The van der Waals surface area contributed by atoms with E-state index in [0.29, 0.717) is 28.2 Å². The van der Waals surface area contributed by atoms with E-state index < -0.39 is 6.98 Å². The molecule has 0 atom stereocenters. The SMILES string of the molecule is [2H]C([2H])([2H])[n+]1[c-]n(-c2[c-]c(Oc3[c-]c4c(cc3)c3ccccc3n4-c3cc(C(C)(C)C)ccn3)ccc2)c2ccc(-c3c(-c4cc(C(C)(C)C)cc(C(C)(C)C)c4)cccc3-c3cc(C(C)(C)C)cc(C(C)(C)C)c3)cc21.[Pt]. The van der Waals surface area contributed by atoms with E-state index in [-0.39, 0.29) is 48.1 Å². The summed E-state index contributed by atoms with van der Waals surface area (Å²) in [6.45, 7) is 31.3. The van der Waals surface area contributed by atoms with Gasteiger partial charge in [-0.1, -0.05) is 206 Å². The molecule has 0 radical (unpaired) electrons. The molecule has 0 unspecified atom stereocenters. The largest absolute Gasteiger partial charge is 0.510 e. The molecule has 3 aromatic heterocycles. The van der Waals surface area contributed by atoms with Crippen molar-refractivity contribution >= 4 is 32.8 Å². The Bertz CT molecular complexity index is 3760. The number of rotatable bonds is 7. The van der Waals surface area contributed by atoms with Crippen LogP contribution < -0.4 is 9.30 Å². The topological polar surface area (TPSA) is 35.9 Å². The zero-order valence-corrected chi connectivity index (χ0v) is 48.6. The quantitative estimate of drug-likeness (QED) is 0.118. The number of aromatic nitrogens is 4. The summed E-state index contributed by atoms with van der Waals surface area (Å²) >= 11 is 0. The van der Waals surface area contributed by atoms with E-state index in [1.54, 1.807) is 4.57 Å². The summed E-state index contributed by atoms with van der Waals surface area (Å²) < 4.78 is 38.6. The first kappa shape index (κ1) is 49.3. The van der Waals surface area contributed by atoms with Crippen LogP contribution in [-0.2, 0) is 55.1 Å². The van der Waals surface area contributed by atoms with Crippen LogP contribution in [0, 0.1) is 18.5 Å². The second-order valence-corrected chi connectivity index (χ2v) is 25.4. The van der Waals surface area contributed by atoms with Crippen molar-refractivity contribution in [3.63, 3.8) is 0 Å². The van der Waals surface area contributed by atoms with Crippen LogP contribution in [0.1, 0.15) is 136 Å². The van der Waals surface area contributed by atoms with Crippen LogP contribution in [0.2, 0.25) is 0 Å². The minimum absolute atomic E-state index is 0. The van der Waals surface area contributed by atoms with Crippen LogP contribution >= 0.6 is 0 Å². The molecule has 0 bridgehead atoms. The summed E-state index contributed by atoms with van der Waals surface area (Å²) in [6.07, 6.45) is 5.12. The molecule has 6 heteroatoms. The number of pyridine rings is 1. The van der Waals surface area contributed by atoms with Gasteiger partial charge in [0.2, 0.25) is 6.33 Å². The van der Waals surface area contributed by atoms with E-state index in [1.165, 1.54) is 32.4 Å². The second-order valence-electron chi connectivity index (χ2n) is 25.4. The molecule has 5 nitrogen and oxygen atoms in total. The summed E-state index contributed by atoms with van der Waals surface area (Å²) in [7, 11) is 0. The molecule has 0 spiro atoms. The number of nitrogens with zero attached hydrogens (tertiary/aromatic N) is 4. The number of hydrogen-bond donors (Lipinski definition) is 0. The van der Waals surface area contributed by atoms with Gasteiger partial charge in [0.05, 0.1) is 22.1 Å². The van der Waals surface area contributed by atoms with E-state index in [2.05, 4.69) is 224 Å². The van der Waals surface area contributed by atoms with Gasteiger partial charge < -0.3 is 18.4 Å². The van der Waals surface area contributed by atoms with Crippen LogP contribution in [0.15, 0.2) is 146 Å². The molecule has 0 amide bonds. The number of benzene rings is 7. The van der Waals surface area contributed by atoms with Crippen molar-refractivity contribution < 1.29 is 34.5 Å². The molecule has 0 aliphatic rings. The monoisotopic (exact) mass is 1170 g/mol. The van der Waals surface area contributed by atoms with Gasteiger partial charge in [0.25, 0.3) is 0 Å². The molecule has 75 heavy (non-hydrogen) atoms. The van der Waals surface area contributed by atoms with Gasteiger partial charge in [-0.3, -0.25) is 0 Å². The molecular formula is C69H72N4OPt-2. The third-order valence-corrected chi connectivity index (χ3v) is 14.6. The average molecular weight is 1170 g/mol. The number of aryl methyl sites for hydroxylation is 1. The number of ether oxygens (including phenoxy) is 1. The third-order valence-electron chi connectivity index (χ3n) is 14.6. The Morgan fingerprint density at radius 3 is 1.63 bits per heavy atom. The van der Waals surface area contributed by atoms with Crippen molar-refractivity contribution in [1.29, 1.82) is 0 Å². The number of hydrogen-bond acceptors (Lipinski definition) is 2. The maximum atomic E-state index is 8.91. The van der Waals surface area contributed by atoms with Crippen LogP contribution in [0.25, 0.3) is 77.7 Å². The number of imidazole rings is 1. The first-order valence-electron chi connectivity index (χ1n) is 27.5. The van der Waals surface area contributed by atoms with Crippen molar-refractivity contribution in [3.05, 3.63) is 192 Å². The molecule has 10 rings (SSSR count). The fraction of sp³-hybridized carbons (Fsp3) is 0.304. The molecule has 0 saturated heterocycles.